The molecular weight excluding hydrogens is 349 g/mol. The van der Waals surface area contributed by atoms with Crippen LogP contribution in [0.25, 0.3) is 0 Å². The van der Waals surface area contributed by atoms with Crippen molar-refractivity contribution in [1.29, 1.82) is 0 Å². The Balaban J connectivity index is 1.54. The fourth-order valence-corrected chi connectivity index (χ4v) is 3.08. The number of nitrogens with zero attached hydrogens (tertiary/aromatic N) is 4. The SMILES string of the molecule is CN1CCN(CC(=O)NC2=NN(c3ccc(Cl)c(Cl)c3)CC2)CC1. The van der Waals surface area contributed by atoms with Crippen LogP contribution in [-0.2, 0) is 4.79 Å². The Labute approximate surface area is 152 Å². The van der Waals surface area contributed by atoms with Gasteiger partial charge < -0.3 is 10.2 Å². The third-order valence-electron chi connectivity index (χ3n) is 4.25. The van der Waals surface area contributed by atoms with Crippen LogP contribution in [0.1, 0.15) is 6.42 Å². The zero-order valence-corrected chi connectivity index (χ0v) is 15.1. The van der Waals surface area contributed by atoms with Gasteiger partial charge in [-0.25, -0.2) is 0 Å². The molecule has 0 spiro atoms. The van der Waals surface area contributed by atoms with Crippen molar-refractivity contribution in [2.45, 2.75) is 6.42 Å². The maximum Gasteiger partial charge on any atom is 0.239 e. The Bertz CT molecular complexity index is 643. The highest BCUT2D eigenvalue weighted by molar-refractivity contribution is 6.42. The van der Waals surface area contributed by atoms with Crippen LogP contribution in [0.15, 0.2) is 23.3 Å². The average molecular weight is 370 g/mol. The van der Waals surface area contributed by atoms with Gasteiger partial charge in [0.2, 0.25) is 5.91 Å². The molecule has 0 bridgehead atoms. The summed E-state index contributed by atoms with van der Waals surface area (Å²) in [6, 6.07) is 5.40. The molecule has 0 atom stereocenters. The van der Waals surface area contributed by atoms with E-state index in [0.717, 1.165) is 31.9 Å². The van der Waals surface area contributed by atoms with Crippen LogP contribution in [0.2, 0.25) is 10.0 Å². The van der Waals surface area contributed by atoms with Crippen LogP contribution in [-0.4, -0.2) is 67.9 Å². The molecule has 2 aliphatic heterocycles. The minimum Gasteiger partial charge on any atom is -0.312 e. The number of carbonyl (C=O) groups excluding carboxylic acids is 1. The first-order chi connectivity index (χ1) is 11.5. The van der Waals surface area contributed by atoms with Gasteiger partial charge in [0.15, 0.2) is 0 Å². The average Bonchev–Trinajstić information content (AvgIpc) is 3.00. The van der Waals surface area contributed by atoms with Gasteiger partial charge in [-0.3, -0.25) is 14.7 Å². The number of benzene rings is 1. The van der Waals surface area contributed by atoms with Crippen molar-refractivity contribution >= 4 is 40.6 Å². The second-order valence-corrected chi connectivity index (χ2v) is 6.96. The Morgan fingerprint density at radius 2 is 1.92 bits per heavy atom. The number of carbonyl (C=O) groups is 1. The monoisotopic (exact) mass is 369 g/mol. The van der Waals surface area contributed by atoms with Crippen LogP contribution in [0.5, 0.6) is 0 Å². The van der Waals surface area contributed by atoms with Gasteiger partial charge in [-0.05, 0) is 25.2 Å². The second kappa shape index (κ2) is 7.70. The van der Waals surface area contributed by atoms with Crippen molar-refractivity contribution in [3.8, 4) is 0 Å². The number of hydrazone groups is 1. The zero-order chi connectivity index (χ0) is 17.1. The molecule has 24 heavy (non-hydrogen) atoms. The third-order valence-corrected chi connectivity index (χ3v) is 4.99. The van der Waals surface area contributed by atoms with Gasteiger partial charge in [0.25, 0.3) is 0 Å². The molecule has 1 aromatic carbocycles. The molecule has 1 fully saturated rings. The van der Waals surface area contributed by atoms with Crippen LogP contribution < -0.4 is 10.3 Å². The summed E-state index contributed by atoms with van der Waals surface area (Å²) in [6.45, 7) is 4.97. The summed E-state index contributed by atoms with van der Waals surface area (Å²) in [5.41, 5.74) is 0.868. The number of hydrogen-bond acceptors (Lipinski definition) is 5. The molecule has 0 aliphatic carbocycles. The van der Waals surface area contributed by atoms with Crippen molar-refractivity contribution in [3.05, 3.63) is 28.2 Å². The predicted octanol–water partition coefficient (Wildman–Crippen LogP) is 1.88. The molecule has 8 heteroatoms. The van der Waals surface area contributed by atoms with Crippen molar-refractivity contribution in [3.63, 3.8) is 0 Å². The number of likely N-dealkylation sites (N-methyl/N-ethyl adjacent to an activating group) is 1. The molecule has 130 valence electrons. The van der Waals surface area contributed by atoms with Gasteiger partial charge in [-0.2, -0.15) is 5.10 Å². The first-order valence-electron chi connectivity index (χ1n) is 8.02. The quantitative estimate of drug-likeness (QED) is 0.883. The maximum absolute atomic E-state index is 12.2. The highest BCUT2D eigenvalue weighted by Crippen LogP contribution is 2.28. The first kappa shape index (κ1) is 17.5. The summed E-state index contributed by atoms with van der Waals surface area (Å²) in [7, 11) is 2.10. The number of amides is 1. The number of rotatable bonds is 3. The molecular formula is C16H21Cl2N5O. The largest absolute Gasteiger partial charge is 0.312 e. The number of hydrogen-bond donors (Lipinski definition) is 1. The molecule has 0 aromatic heterocycles. The van der Waals surface area contributed by atoms with Crippen molar-refractivity contribution in [2.75, 3.05) is 51.3 Å². The fourth-order valence-electron chi connectivity index (χ4n) is 2.79. The van der Waals surface area contributed by atoms with E-state index in [4.69, 9.17) is 23.2 Å². The molecule has 0 saturated carbocycles. The fraction of sp³-hybridized carbons (Fsp3) is 0.500. The lowest BCUT2D eigenvalue weighted by Crippen LogP contribution is -2.48. The first-order valence-corrected chi connectivity index (χ1v) is 8.77. The Hall–Kier alpha value is -1.34. The molecule has 0 unspecified atom stereocenters. The molecule has 6 nitrogen and oxygen atoms in total. The zero-order valence-electron chi connectivity index (χ0n) is 13.6. The third kappa shape index (κ3) is 4.39. The number of amidine groups is 1. The molecule has 0 radical (unpaired) electrons. The van der Waals surface area contributed by atoms with Gasteiger partial charge >= 0.3 is 0 Å². The van der Waals surface area contributed by atoms with Gasteiger partial charge in [-0.1, -0.05) is 23.2 Å². The van der Waals surface area contributed by atoms with Gasteiger partial charge in [0.05, 0.1) is 22.3 Å². The number of halogens is 2. The van der Waals surface area contributed by atoms with Gasteiger partial charge in [0, 0.05) is 39.1 Å². The van der Waals surface area contributed by atoms with E-state index in [1.807, 2.05) is 11.1 Å². The van der Waals surface area contributed by atoms with Crippen molar-refractivity contribution < 1.29 is 4.79 Å². The number of nitrogens with one attached hydrogen (secondary N) is 1. The maximum atomic E-state index is 12.2. The minimum atomic E-state index is -0.00529. The van der Waals surface area contributed by atoms with Crippen molar-refractivity contribution in [2.24, 2.45) is 5.10 Å². The standard InChI is InChI=1S/C16H21Cl2N5O/c1-21-6-8-22(9-7-21)11-16(24)19-15-4-5-23(20-15)12-2-3-13(17)14(18)10-12/h2-3,10H,4-9,11H2,1H3,(H,19,20,24). The highest BCUT2D eigenvalue weighted by atomic mass is 35.5. The topological polar surface area (TPSA) is 51.2 Å². The summed E-state index contributed by atoms with van der Waals surface area (Å²) < 4.78 is 0. The number of piperazine rings is 1. The lowest BCUT2D eigenvalue weighted by Gasteiger charge is -2.31. The summed E-state index contributed by atoms with van der Waals surface area (Å²) in [6.07, 6.45) is 0.703. The summed E-state index contributed by atoms with van der Waals surface area (Å²) in [5, 5.41) is 10.2. The Kier molecular flexibility index (Phi) is 5.61. The van der Waals surface area contributed by atoms with Gasteiger partial charge in [0.1, 0.15) is 5.84 Å². The Morgan fingerprint density at radius 3 is 2.62 bits per heavy atom. The summed E-state index contributed by atoms with van der Waals surface area (Å²) in [4.78, 5) is 16.6. The van der Waals surface area contributed by atoms with Gasteiger partial charge in [-0.15, -0.1) is 0 Å². The van der Waals surface area contributed by atoms with E-state index in [1.165, 1.54) is 0 Å². The van der Waals surface area contributed by atoms with Crippen LogP contribution in [0.3, 0.4) is 0 Å². The van der Waals surface area contributed by atoms with E-state index in [2.05, 4.69) is 27.3 Å². The van der Waals surface area contributed by atoms with Crippen LogP contribution in [0.4, 0.5) is 5.69 Å². The second-order valence-electron chi connectivity index (χ2n) is 6.15. The minimum absolute atomic E-state index is 0.00529. The van der Waals surface area contributed by atoms with E-state index >= 15 is 0 Å². The predicted molar refractivity (Wildman–Crippen MR) is 97.9 cm³/mol. The molecule has 3 rings (SSSR count). The molecule has 1 aromatic rings. The molecule has 2 heterocycles. The van der Waals surface area contributed by atoms with Crippen LogP contribution >= 0.6 is 23.2 Å². The molecule has 1 saturated heterocycles. The van der Waals surface area contributed by atoms with E-state index in [-0.39, 0.29) is 5.91 Å². The molecule has 2 aliphatic rings. The van der Waals surface area contributed by atoms with E-state index < -0.39 is 0 Å². The Morgan fingerprint density at radius 1 is 1.17 bits per heavy atom. The smallest absolute Gasteiger partial charge is 0.239 e. The lowest BCUT2D eigenvalue weighted by atomic mass is 10.3. The summed E-state index contributed by atoms with van der Waals surface area (Å²) in [5.74, 6) is 0.689. The van der Waals surface area contributed by atoms with Crippen LogP contribution in [0, 0.1) is 0 Å². The molecule has 1 N–H and O–H groups in total. The van der Waals surface area contributed by atoms with E-state index in [9.17, 15) is 4.79 Å². The normalized spacial score (nSPS) is 19.5. The number of anilines is 1. The van der Waals surface area contributed by atoms with E-state index in [0.29, 0.717) is 35.4 Å². The summed E-state index contributed by atoms with van der Waals surface area (Å²) >= 11 is 12.0. The lowest BCUT2D eigenvalue weighted by molar-refractivity contribution is -0.121. The van der Waals surface area contributed by atoms with E-state index in [1.54, 1.807) is 12.1 Å². The van der Waals surface area contributed by atoms with Crippen molar-refractivity contribution in [1.82, 2.24) is 15.1 Å². The molecule has 1 amide bonds. The highest BCUT2D eigenvalue weighted by Gasteiger charge is 2.21.